The number of Topliss-reactive ketones (excluding diaryl/α,β-unsaturated/α-hetero) is 1. The van der Waals surface area contributed by atoms with Crippen LogP contribution < -0.4 is 0 Å². The molecule has 1 aromatic carbocycles. The highest BCUT2D eigenvalue weighted by molar-refractivity contribution is 6.30. The van der Waals surface area contributed by atoms with Crippen molar-refractivity contribution >= 4 is 17.4 Å². The Labute approximate surface area is 149 Å². The number of hydrogen-bond donors (Lipinski definition) is 1. The van der Waals surface area contributed by atoms with E-state index in [9.17, 15) is 9.90 Å². The van der Waals surface area contributed by atoms with Crippen molar-refractivity contribution in [2.75, 3.05) is 0 Å². The van der Waals surface area contributed by atoms with E-state index >= 15 is 0 Å². The summed E-state index contributed by atoms with van der Waals surface area (Å²) in [5, 5.41) is 12.0. The highest BCUT2D eigenvalue weighted by Crippen LogP contribution is 2.52. The maximum absolute atomic E-state index is 12.7. The van der Waals surface area contributed by atoms with Crippen LogP contribution in [0.3, 0.4) is 0 Å². The van der Waals surface area contributed by atoms with Gasteiger partial charge in [-0.25, -0.2) is 6.57 Å². The van der Waals surface area contributed by atoms with E-state index in [0.29, 0.717) is 24.3 Å². The van der Waals surface area contributed by atoms with E-state index < -0.39 is 17.1 Å². The molecular formula is C20H26ClNO2. The molecule has 130 valence electrons. The largest absolute Gasteiger partial charge is 0.385 e. The van der Waals surface area contributed by atoms with Gasteiger partial charge in [-0.15, -0.1) is 0 Å². The first-order valence-corrected chi connectivity index (χ1v) is 8.89. The average molecular weight is 348 g/mol. The van der Waals surface area contributed by atoms with Crippen molar-refractivity contribution in [3.8, 4) is 0 Å². The van der Waals surface area contributed by atoms with Crippen LogP contribution in [-0.2, 0) is 10.4 Å². The molecule has 3 atom stereocenters. The molecule has 2 rings (SSSR count). The molecule has 0 heterocycles. The molecule has 1 aliphatic carbocycles. The van der Waals surface area contributed by atoms with Crippen LogP contribution in [0.1, 0.15) is 52.5 Å². The Hall–Kier alpha value is -1.37. The fourth-order valence-corrected chi connectivity index (χ4v) is 4.02. The van der Waals surface area contributed by atoms with E-state index in [1.807, 2.05) is 39.8 Å². The summed E-state index contributed by atoms with van der Waals surface area (Å²) in [4.78, 5) is 16.3. The smallest absolute Gasteiger partial charge is 0.283 e. The number of rotatable bonds is 4. The molecule has 1 unspecified atom stereocenters. The maximum Gasteiger partial charge on any atom is 0.283 e. The van der Waals surface area contributed by atoms with Crippen molar-refractivity contribution in [3.63, 3.8) is 0 Å². The minimum Gasteiger partial charge on any atom is -0.385 e. The van der Waals surface area contributed by atoms with Crippen LogP contribution in [0.2, 0.25) is 5.02 Å². The van der Waals surface area contributed by atoms with Crippen molar-refractivity contribution < 1.29 is 9.90 Å². The van der Waals surface area contributed by atoms with Crippen molar-refractivity contribution in [3.05, 3.63) is 46.3 Å². The number of benzene rings is 1. The summed E-state index contributed by atoms with van der Waals surface area (Å²) in [6.07, 6.45) is 1.71. The molecule has 24 heavy (non-hydrogen) atoms. The predicted octanol–water partition coefficient (Wildman–Crippen LogP) is 4.87. The first-order valence-electron chi connectivity index (χ1n) is 8.51. The van der Waals surface area contributed by atoms with E-state index in [0.717, 1.165) is 5.56 Å². The van der Waals surface area contributed by atoms with Gasteiger partial charge in [0, 0.05) is 16.9 Å². The Morgan fingerprint density at radius 2 is 1.92 bits per heavy atom. The van der Waals surface area contributed by atoms with Gasteiger partial charge in [0.2, 0.25) is 5.78 Å². The summed E-state index contributed by atoms with van der Waals surface area (Å²) in [6, 6.07) is 6.73. The molecule has 0 bridgehead atoms. The fraction of sp³-hybridized carbons (Fsp3) is 0.600. The molecule has 0 spiro atoms. The zero-order chi connectivity index (χ0) is 18.1. The second kappa shape index (κ2) is 6.86. The lowest BCUT2D eigenvalue weighted by Gasteiger charge is -2.49. The Morgan fingerprint density at radius 1 is 1.33 bits per heavy atom. The minimum absolute atomic E-state index is 0.0233. The number of aliphatic hydroxyl groups is 1. The topological polar surface area (TPSA) is 41.7 Å². The number of hydrogen-bond acceptors (Lipinski definition) is 2. The SMILES string of the molecule is [C-]#[N+][C@H](C(=O)C1CC[C@](O)(c2ccc(Cl)cc2)C(C)(C)C1)C(C)C. The molecule has 0 aliphatic heterocycles. The van der Waals surface area contributed by atoms with Gasteiger partial charge in [0.1, 0.15) is 0 Å². The second-order valence-electron chi connectivity index (χ2n) is 7.91. The number of carbonyl (C=O) groups is 1. The van der Waals surface area contributed by atoms with Crippen LogP contribution in [0, 0.1) is 23.8 Å². The molecule has 0 amide bonds. The summed E-state index contributed by atoms with van der Waals surface area (Å²) in [6.45, 7) is 15.2. The van der Waals surface area contributed by atoms with Gasteiger partial charge in [-0.05, 0) is 42.4 Å². The summed E-state index contributed by atoms with van der Waals surface area (Å²) in [5.74, 6) is -0.101. The quantitative estimate of drug-likeness (QED) is 0.790. The van der Waals surface area contributed by atoms with E-state index in [-0.39, 0.29) is 17.6 Å². The highest BCUT2D eigenvalue weighted by atomic mass is 35.5. The molecule has 1 aliphatic rings. The Kier molecular flexibility index (Phi) is 5.42. The monoisotopic (exact) mass is 347 g/mol. The zero-order valence-corrected chi connectivity index (χ0v) is 15.6. The molecule has 0 aromatic heterocycles. The average Bonchev–Trinajstić information content (AvgIpc) is 2.50. The fourth-order valence-electron chi connectivity index (χ4n) is 3.89. The van der Waals surface area contributed by atoms with E-state index in [1.54, 1.807) is 12.1 Å². The van der Waals surface area contributed by atoms with Gasteiger partial charge in [0.25, 0.3) is 6.04 Å². The van der Waals surface area contributed by atoms with Crippen molar-refractivity contribution in [2.24, 2.45) is 17.3 Å². The Balaban J connectivity index is 2.25. The van der Waals surface area contributed by atoms with Crippen molar-refractivity contribution in [1.29, 1.82) is 0 Å². The first-order chi connectivity index (χ1) is 11.1. The lowest BCUT2D eigenvalue weighted by molar-refractivity contribution is -0.141. The van der Waals surface area contributed by atoms with E-state index in [2.05, 4.69) is 4.85 Å². The predicted molar refractivity (Wildman–Crippen MR) is 96.7 cm³/mol. The molecule has 0 radical (unpaired) electrons. The summed E-state index contributed by atoms with van der Waals surface area (Å²) in [7, 11) is 0. The number of halogens is 1. The molecule has 3 nitrogen and oxygen atoms in total. The molecular weight excluding hydrogens is 322 g/mol. The highest BCUT2D eigenvalue weighted by Gasteiger charge is 2.51. The van der Waals surface area contributed by atoms with Crippen LogP contribution in [0.25, 0.3) is 4.85 Å². The summed E-state index contributed by atoms with van der Waals surface area (Å²) in [5.41, 5.74) is -0.601. The maximum atomic E-state index is 12.7. The van der Waals surface area contributed by atoms with Crippen LogP contribution >= 0.6 is 11.6 Å². The van der Waals surface area contributed by atoms with E-state index in [4.69, 9.17) is 18.2 Å². The Bertz CT molecular complexity index is 645. The molecule has 1 fully saturated rings. The third-order valence-corrected chi connectivity index (χ3v) is 5.77. The molecule has 0 saturated heterocycles. The lowest BCUT2D eigenvalue weighted by atomic mass is 9.58. The first kappa shape index (κ1) is 19.0. The minimum atomic E-state index is -0.986. The molecule has 4 heteroatoms. The van der Waals surface area contributed by atoms with Crippen LogP contribution in [0.5, 0.6) is 0 Å². The number of carbonyl (C=O) groups excluding carboxylic acids is 1. The van der Waals surface area contributed by atoms with Gasteiger partial charge in [0.15, 0.2) is 0 Å². The normalized spacial score (nSPS) is 27.5. The van der Waals surface area contributed by atoms with Gasteiger partial charge in [-0.2, -0.15) is 0 Å². The van der Waals surface area contributed by atoms with Crippen LogP contribution in [-0.4, -0.2) is 16.9 Å². The number of ketones is 1. The Morgan fingerprint density at radius 3 is 2.38 bits per heavy atom. The standard InChI is InChI=1S/C20H26ClNO2/c1-13(2)17(22-5)18(23)14-10-11-20(24,19(3,4)12-14)15-6-8-16(21)9-7-15/h6-9,13-14,17,24H,10-12H2,1-4H3/t14?,17-,20-/m0/s1. The van der Waals surface area contributed by atoms with Gasteiger partial charge in [-0.1, -0.05) is 51.4 Å². The van der Waals surface area contributed by atoms with Crippen molar-refractivity contribution in [2.45, 2.75) is 58.6 Å². The summed E-state index contributed by atoms with van der Waals surface area (Å²) < 4.78 is 0. The van der Waals surface area contributed by atoms with Gasteiger partial charge in [-0.3, -0.25) is 4.79 Å². The third kappa shape index (κ3) is 3.36. The van der Waals surface area contributed by atoms with Crippen molar-refractivity contribution in [1.82, 2.24) is 0 Å². The zero-order valence-electron chi connectivity index (χ0n) is 14.8. The van der Waals surface area contributed by atoms with Crippen LogP contribution in [0.4, 0.5) is 0 Å². The lowest BCUT2D eigenvalue weighted by Crippen LogP contribution is -2.49. The van der Waals surface area contributed by atoms with Gasteiger partial charge in [0.05, 0.1) is 5.60 Å². The number of nitrogens with zero attached hydrogens (tertiary/aromatic N) is 1. The van der Waals surface area contributed by atoms with Gasteiger partial charge >= 0.3 is 0 Å². The van der Waals surface area contributed by atoms with Gasteiger partial charge < -0.3 is 9.95 Å². The molecule has 1 saturated carbocycles. The molecule has 1 N–H and O–H groups in total. The second-order valence-corrected chi connectivity index (χ2v) is 8.35. The molecule has 1 aromatic rings. The van der Waals surface area contributed by atoms with E-state index in [1.165, 1.54) is 0 Å². The third-order valence-electron chi connectivity index (χ3n) is 5.52. The summed E-state index contributed by atoms with van der Waals surface area (Å²) >= 11 is 5.96. The van der Waals surface area contributed by atoms with Crippen LogP contribution in [0.15, 0.2) is 24.3 Å².